The van der Waals surface area contributed by atoms with Gasteiger partial charge >= 0.3 is 0 Å². The number of pyridine rings is 1. The quantitative estimate of drug-likeness (QED) is 0.491. The van der Waals surface area contributed by atoms with Gasteiger partial charge in [-0.1, -0.05) is 29.5 Å². The molecule has 27 heavy (non-hydrogen) atoms. The molecule has 0 unspecified atom stereocenters. The van der Waals surface area contributed by atoms with Crippen LogP contribution in [0, 0.1) is 6.92 Å². The molecule has 1 aliphatic heterocycles. The van der Waals surface area contributed by atoms with E-state index < -0.39 is 0 Å². The van der Waals surface area contributed by atoms with E-state index in [1.807, 2.05) is 43.3 Å². The van der Waals surface area contributed by atoms with Crippen LogP contribution in [0.1, 0.15) is 10.6 Å². The van der Waals surface area contributed by atoms with E-state index in [0.717, 1.165) is 21.5 Å². The SMILES string of the molecule is C=CCN1C(=O)/C(=C/c2ccc3ncccc3c2)SC1=Nc1nnc(C)s1. The number of carbonyl (C=O) groups excluding carboxylic acids is 1. The van der Waals surface area contributed by atoms with Crippen molar-refractivity contribution in [2.45, 2.75) is 6.92 Å². The van der Waals surface area contributed by atoms with Crippen LogP contribution in [-0.4, -0.2) is 37.7 Å². The fourth-order valence-electron chi connectivity index (χ4n) is 2.63. The van der Waals surface area contributed by atoms with Gasteiger partial charge < -0.3 is 0 Å². The molecule has 1 aromatic carbocycles. The lowest BCUT2D eigenvalue weighted by Gasteiger charge is -2.11. The molecule has 1 saturated heterocycles. The summed E-state index contributed by atoms with van der Waals surface area (Å²) >= 11 is 2.72. The maximum Gasteiger partial charge on any atom is 0.267 e. The van der Waals surface area contributed by atoms with E-state index in [0.29, 0.717) is 21.7 Å². The molecule has 4 rings (SSSR count). The molecule has 3 heterocycles. The molecule has 1 amide bonds. The van der Waals surface area contributed by atoms with E-state index in [-0.39, 0.29) is 5.91 Å². The van der Waals surface area contributed by atoms with Crippen molar-refractivity contribution in [2.24, 2.45) is 4.99 Å². The summed E-state index contributed by atoms with van der Waals surface area (Å²) in [5.74, 6) is -0.0915. The van der Waals surface area contributed by atoms with Crippen molar-refractivity contribution in [1.82, 2.24) is 20.1 Å². The van der Waals surface area contributed by atoms with E-state index in [9.17, 15) is 4.79 Å². The molecular formula is C19H15N5OS2. The average molecular weight is 393 g/mol. The van der Waals surface area contributed by atoms with Gasteiger partial charge in [-0.15, -0.1) is 16.8 Å². The van der Waals surface area contributed by atoms with Crippen molar-refractivity contribution in [2.75, 3.05) is 6.54 Å². The first-order valence-electron chi connectivity index (χ1n) is 8.20. The largest absolute Gasteiger partial charge is 0.282 e. The van der Waals surface area contributed by atoms with Crippen LogP contribution in [0.15, 0.2) is 59.1 Å². The summed E-state index contributed by atoms with van der Waals surface area (Å²) in [6, 6.07) is 9.83. The lowest BCUT2D eigenvalue weighted by molar-refractivity contribution is -0.121. The third-order valence-corrected chi connectivity index (χ3v) is 5.57. The maximum absolute atomic E-state index is 12.8. The molecular weight excluding hydrogens is 378 g/mol. The number of aryl methyl sites for hydroxylation is 1. The van der Waals surface area contributed by atoms with Gasteiger partial charge in [-0.25, -0.2) is 0 Å². The third-order valence-electron chi connectivity index (χ3n) is 3.83. The van der Waals surface area contributed by atoms with Crippen LogP contribution in [-0.2, 0) is 4.79 Å². The zero-order chi connectivity index (χ0) is 18.8. The first kappa shape index (κ1) is 17.6. The van der Waals surface area contributed by atoms with Gasteiger partial charge in [-0.2, -0.15) is 4.99 Å². The van der Waals surface area contributed by atoms with Crippen LogP contribution in [0.4, 0.5) is 5.13 Å². The summed E-state index contributed by atoms with van der Waals surface area (Å²) in [5, 5.41) is 11.0. The number of carbonyl (C=O) groups is 1. The summed E-state index contributed by atoms with van der Waals surface area (Å²) in [6.45, 7) is 6.00. The summed E-state index contributed by atoms with van der Waals surface area (Å²) in [4.78, 5) is 23.9. The molecule has 3 aromatic rings. The van der Waals surface area contributed by atoms with Crippen LogP contribution in [0.5, 0.6) is 0 Å². The van der Waals surface area contributed by atoms with E-state index in [2.05, 4.69) is 26.8 Å². The van der Waals surface area contributed by atoms with Gasteiger partial charge in [0.2, 0.25) is 5.13 Å². The standard InChI is InChI=1S/C19H15N5OS2/c1-3-9-24-17(25)16(27-19(24)21-18-23-22-12(2)26-18)11-13-6-7-15-14(10-13)5-4-8-20-15/h3-8,10-11H,1,9H2,2H3/b16-11-,21-19?. The van der Waals surface area contributed by atoms with Crippen LogP contribution in [0.2, 0.25) is 0 Å². The number of thioether (sulfide) groups is 1. The maximum atomic E-state index is 12.8. The molecule has 134 valence electrons. The topological polar surface area (TPSA) is 71.3 Å². The number of aromatic nitrogens is 3. The molecule has 0 bridgehead atoms. The third kappa shape index (κ3) is 3.67. The molecule has 1 fully saturated rings. The van der Waals surface area contributed by atoms with Gasteiger partial charge in [-0.05, 0) is 48.5 Å². The predicted molar refractivity (Wildman–Crippen MR) is 111 cm³/mol. The Labute approximate surface area is 164 Å². The molecule has 0 atom stereocenters. The number of amidine groups is 1. The second kappa shape index (κ2) is 7.42. The van der Waals surface area contributed by atoms with Crippen molar-refractivity contribution < 1.29 is 4.79 Å². The average Bonchev–Trinajstić information content (AvgIpc) is 3.20. The molecule has 0 N–H and O–H groups in total. The van der Waals surface area contributed by atoms with Crippen molar-refractivity contribution in [3.63, 3.8) is 0 Å². The number of nitrogens with zero attached hydrogens (tertiary/aromatic N) is 5. The van der Waals surface area contributed by atoms with Crippen molar-refractivity contribution in [3.8, 4) is 0 Å². The predicted octanol–water partition coefficient (Wildman–Crippen LogP) is 4.18. The van der Waals surface area contributed by atoms with E-state index >= 15 is 0 Å². The zero-order valence-corrected chi connectivity index (χ0v) is 16.1. The normalized spacial score (nSPS) is 17.4. The van der Waals surface area contributed by atoms with Crippen LogP contribution in [0.25, 0.3) is 17.0 Å². The summed E-state index contributed by atoms with van der Waals surface area (Å²) in [5.41, 5.74) is 1.87. The number of rotatable bonds is 4. The molecule has 2 aromatic heterocycles. The highest BCUT2D eigenvalue weighted by atomic mass is 32.2. The smallest absolute Gasteiger partial charge is 0.267 e. The van der Waals surface area contributed by atoms with Crippen LogP contribution in [0.3, 0.4) is 0 Å². The molecule has 0 aliphatic carbocycles. The molecule has 6 nitrogen and oxygen atoms in total. The lowest BCUT2D eigenvalue weighted by Crippen LogP contribution is -2.29. The number of hydrogen-bond acceptors (Lipinski definition) is 7. The van der Waals surface area contributed by atoms with Crippen LogP contribution < -0.4 is 0 Å². The van der Waals surface area contributed by atoms with Crippen LogP contribution >= 0.6 is 23.1 Å². The minimum absolute atomic E-state index is 0.0915. The fourth-order valence-corrected chi connectivity index (χ4v) is 4.24. The summed E-state index contributed by atoms with van der Waals surface area (Å²) in [7, 11) is 0. The number of fused-ring (bicyclic) bond motifs is 1. The second-order valence-corrected chi connectivity index (χ2v) is 7.94. The monoisotopic (exact) mass is 393 g/mol. The minimum atomic E-state index is -0.0915. The molecule has 0 spiro atoms. The molecule has 0 saturated carbocycles. The van der Waals surface area contributed by atoms with Gasteiger partial charge in [-0.3, -0.25) is 14.7 Å². The highest BCUT2D eigenvalue weighted by Crippen LogP contribution is 2.34. The van der Waals surface area contributed by atoms with Gasteiger partial charge in [0.05, 0.1) is 10.4 Å². The van der Waals surface area contributed by atoms with Crippen molar-refractivity contribution >= 4 is 56.3 Å². The van der Waals surface area contributed by atoms with E-state index in [1.165, 1.54) is 23.1 Å². The summed E-state index contributed by atoms with van der Waals surface area (Å²) < 4.78 is 0. The number of hydrogen-bond donors (Lipinski definition) is 0. The molecule has 0 radical (unpaired) electrons. The number of amides is 1. The highest BCUT2D eigenvalue weighted by molar-refractivity contribution is 8.18. The Hall–Kier alpha value is -2.84. The Balaban J connectivity index is 1.69. The minimum Gasteiger partial charge on any atom is -0.282 e. The van der Waals surface area contributed by atoms with Gasteiger partial charge in [0.25, 0.3) is 5.91 Å². The van der Waals surface area contributed by atoms with Gasteiger partial charge in [0.1, 0.15) is 5.01 Å². The summed E-state index contributed by atoms with van der Waals surface area (Å²) in [6.07, 6.45) is 5.33. The molecule has 8 heteroatoms. The first-order valence-corrected chi connectivity index (χ1v) is 9.83. The van der Waals surface area contributed by atoms with Gasteiger partial charge in [0.15, 0.2) is 5.17 Å². The lowest BCUT2D eigenvalue weighted by atomic mass is 10.1. The van der Waals surface area contributed by atoms with Crippen molar-refractivity contribution in [3.05, 3.63) is 64.7 Å². The Morgan fingerprint density at radius 3 is 2.96 bits per heavy atom. The second-order valence-electron chi connectivity index (χ2n) is 5.77. The number of benzene rings is 1. The van der Waals surface area contributed by atoms with Gasteiger partial charge in [0, 0.05) is 18.1 Å². The Kier molecular flexibility index (Phi) is 4.83. The Bertz CT molecular complexity index is 1100. The van der Waals surface area contributed by atoms with E-state index in [4.69, 9.17) is 0 Å². The zero-order valence-electron chi connectivity index (χ0n) is 14.5. The fraction of sp³-hybridized carbons (Fsp3) is 0.105. The number of aliphatic imine (C=N–C) groups is 1. The first-order chi connectivity index (χ1) is 13.1. The van der Waals surface area contributed by atoms with Crippen molar-refractivity contribution in [1.29, 1.82) is 0 Å². The Morgan fingerprint density at radius 2 is 2.19 bits per heavy atom. The highest BCUT2D eigenvalue weighted by Gasteiger charge is 2.32. The molecule has 1 aliphatic rings. The van der Waals surface area contributed by atoms with E-state index in [1.54, 1.807) is 17.2 Å². The Morgan fingerprint density at radius 1 is 1.30 bits per heavy atom.